The second-order valence-electron chi connectivity index (χ2n) is 2.75. The molecular formula is C7H11N3OS. The predicted octanol–water partition coefficient (Wildman–Crippen LogP) is 1.10. The topological polar surface area (TPSA) is 64.9 Å². The van der Waals surface area contributed by atoms with Crippen molar-refractivity contribution in [3.05, 3.63) is 11.7 Å². The molecule has 0 saturated carbocycles. The van der Waals surface area contributed by atoms with Gasteiger partial charge in [-0.3, -0.25) is 0 Å². The highest BCUT2D eigenvalue weighted by molar-refractivity contribution is 7.99. The van der Waals surface area contributed by atoms with E-state index in [9.17, 15) is 0 Å². The number of nitrogens with two attached hydrogens (primary N) is 1. The minimum Gasteiger partial charge on any atom is -0.338 e. The molecule has 0 bridgehead atoms. The standard InChI is InChI=1S/C7H11N3OS/c8-4-6-9-7(11-10-6)5-2-1-3-12-5/h5H,1-4,8H2. The van der Waals surface area contributed by atoms with Gasteiger partial charge >= 0.3 is 0 Å². The molecule has 5 heteroatoms. The van der Waals surface area contributed by atoms with Crippen molar-refractivity contribution in [2.24, 2.45) is 5.73 Å². The first-order valence-electron chi connectivity index (χ1n) is 4.04. The molecule has 2 rings (SSSR count). The van der Waals surface area contributed by atoms with E-state index in [1.54, 1.807) is 0 Å². The fourth-order valence-electron chi connectivity index (χ4n) is 1.25. The second-order valence-corrected chi connectivity index (χ2v) is 4.07. The fraction of sp³-hybridized carbons (Fsp3) is 0.714. The van der Waals surface area contributed by atoms with E-state index in [2.05, 4.69) is 10.1 Å². The summed E-state index contributed by atoms with van der Waals surface area (Å²) in [5, 5.41) is 4.17. The lowest BCUT2D eigenvalue weighted by atomic mass is 10.2. The summed E-state index contributed by atoms with van der Waals surface area (Å²) in [5.41, 5.74) is 5.37. The highest BCUT2D eigenvalue weighted by Crippen LogP contribution is 2.38. The first-order valence-corrected chi connectivity index (χ1v) is 5.09. The quantitative estimate of drug-likeness (QED) is 0.747. The Bertz CT molecular complexity index is 257. The molecule has 2 heterocycles. The molecule has 1 fully saturated rings. The number of nitrogens with zero attached hydrogens (tertiary/aromatic N) is 2. The molecule has 0 amide bonds. The molecule has 1 aromatic heterocycles. The molecule has 0 radical (unpaired) electrons. The number of hydrogen-bond acceptors (Lipinski definition) is 5. The van der Waals surface area contributed by atoms with Crippen LogP contribution in [-0.2, 0) is 6.54 Å². The lowest BCUT2D eigenvalue weighted by Crippen LogP contribution is -1.98. The molecule has 0 aromatic carbocycles. The first kappa shape index (κ1) is 8.07. The van der Waals surface area contributed by atoms with Crippen molar-refractivity contribution in [3.63, 3.8) is 0 Å². The van der Waals surface area contributed by atoms with Crippen LogP contribution in [0.3, 0.4) is 0 Å². The maximum absolute atomic E-state index is 5.37. The maximum atomic E-state index is 5.37. The molecule has 1 unspecified atom stereocenters. The third-order valence-corrected chi connectivity index (χ3v) is 3.24. The Labute approximate surface area is 74.9 Å². The largest absolute Gasteiger partial charge is 0.338 e. The zero-order valence-corrected chi connectivity index (χ0v) is 7.51. The minimum absolute atomic E-state index is 0.362. The van der Waals surface area contributed by atoms with Crippen LogP contribution in [0.1, 0.15) is 29.8 Å². The lowest BCUT2D eigenvalue weighted by molar-refractivity contribution is 0.370. The SMILES string of the molecule is NCc1noc(C2CCCS2)n1. The Morgan fingerprint density at radius 2 is 2.58 bits per heavy atom. The van der Waals surface area contributed by atoms with Gasteiger partial charge in [0.25, 0.3) is 0 Å². The van der Waals surface area contributed by atoms with Crippen molar-refractivity contribution in [1.82, 2.24) is 10.1 Å². The van der Waals surface area contributed by atoms with Gasteiger partial charge in [-0.05, 0) is 18.6 Å². The van der Waals surface area contributed by atoms with Crippen LogP contribution in [0.15, 0.2) is 4.52 Å². The summed E-state index contributed by atoms with van der Waals surface area (Å²) in [6, 6.07) is 0. The monoisotopic (exact) mass is 185 g/mol. The minimum atomic E-state index is 0.362. The van der Waals surface area contributed by atoms with Crippen LogP contribution in [0.25, 0.3) is 0 Å². The Morgan fingerprint density at radius 3 is 3.17 bits per heavy atom. The number of aromatic nitrogens is 2. The van der Waals surface area contributed by atoms with E-state index in [-0.39, 0.29) is 0 Å². The van der Waals surface area contributed by atoms with Gasteiger partial charge in [-0.15, -0.1) is 11.8 Å². The number of hydrogen-bond donors (Lipinski definition) is 1. The molecule has 1 aromatic rings. The van der Waals surface area contributed by atoms with E-state index in [1.165, 1.54) is 12.2 Å². The maximum Gasteiger partial charge on any atom is 0.239 e. The van der Waals surface area contributed by atoms with Gasteiger partial charge in [-0.25, -0.2) is 0 Å². The zero-order valence-electron chi connectivity index (χ0n) is 6.69. The molecule has 1 aliphatic heterocycles. The fourth-order valence-corrected chi connectivity index (χ4v) is 2.44. The van der Waals surface area contributed by atoms with Gasteiger partial charge in [0.15, 0.2) is 5.82 Å². The van der Waals surface area contributed by atoms with Crippen LogP contribution in [0.5, 0.6) is 0 Å². The molecule has 66 valence electrons. The van der Waals surface area contributed by atoms with Crippen molar-refractivity contribution in [3.8, 4) is 0 Å². The summed E-state index contributed by atoms with van der Waals surface area (Å²) in [6.45, 7) is 0.362. The van der Waals surface area contributed by atoms with Gasteiger partial charge in [-0.1, -0.05) is 5.16 Å². The van der Waals surface area contributed by atoms with Crippen LogP contribution in [0.4, 0.5) is 0 Å². The Kier molecular flexibility index (Phi) is 2.32. The summed E-state index contributed by atoms with van der Waals surface area (Å²) in [6.07, 6.45) is 2.40. The average molecular weight is 185 g/mol. The summed E-state index contributed by atoms with van der Waals surface area (Å²) >= 11 is 1.88. The van der Waals surface area contributed by atoms with Crippen molar-refractivity contribution < 1.29 is 4.52 Å². The van der Waals surface area contributed by atoms with E-state index in [1.807, 2.05) is 11.8 Å². The molecule has 12 heavy (non-hydrogen) atoms. The summed E-state index contributed by atoms with van der Waals surface area (Å²) in [5.74, 6) is 2.56. The summed E-state index contributed by atoms with van der Waals surface area (Å²) in [4.78, 5) is 4.19. The molecule has 1 saturated heterocycles. The lowest BCUT2D eigenvalue weighted by Gasteiger charge is -1.98. The van der Waals surface area contributed by atoms with Crippen LogP contribution in [0, 0.1) is 0 Å². The predicted molar refractivity (Wildman–Crippen MR) is 46.6 cm³/mol. The average Bonchev–Trinajstić information content (AvgIpc) is 2.75. The van der Waals surface area contributed by atoms with Crippen LogP contribution >= 0.6 is 11.8 Å². The molecular weight excluding hydrogens is 174 g/mol. The smallest absolute Gasteiger partial charge is 0.239 e. The van der Waals surface area contributed by atoms with Gasteiger partial charge in [0.2, 0.25) is 5.89 Å². The van der Waals surface area contributed by atoms with Gasteiger partial charge in [0.1, 0.15) is 0 Å². The highest BCUT2D eigenvalue weighted by Gasteiger charge is 2.23. The van der Waals surface area contributed by atoms with Crippen molar-refractivity contribution >= 4 is 11.8 Å². The molecule has 2 N–H and O–H groups in total. The van der Waals surface area contributed by atoms with E-state index >= 15 is 0 Å². The van der Waals surface area contributed by atoms with Gasteiger partial charge in [0.05, 0.1) is 11.8 Å². The van der Waals surface area contributed by atoms with Gasteiger partial charge in [-0.2, -0.15) is 4.98 Å². The van der Waals surface area contributed by atoms with E-state index in [0.717, 1.165) is 12.3 Å². The number of thioether (sulfide) groups is 1. The Hall–Kier alpha value is -0.550. The Morgan fingerprint density at radius 1 is 1.67 bits per heavy atom. The molecule has 1 atom stereocenters. The van der Waals surface area contributed by atoms with Gasteiger partial charge in [0, 0.05) is 0 Å². The molecule has 0 spiro atoms. The first-order chi connectivity index (χ1) is 5.90. The van der Waals surface area contributed by atoms with E-state index < -0.39 is 0 Å². The van der Waals surface area contributed by atoms with Gasteiger partial charge < -0.3 is 10.3 Å². The number of rotatable bonds is 2. The van der Waals surface area contributed by atoms with Crippen LogP contribution in [0.2, 0.25) is 0 Å². The van der Waals surface area contributed by atoms with E-state index in [0.29, 0.717) is 17.6 Å². The van der Waals surface area contributed by atoms with Crippen molar-refractivity contribution in [2.45, 2.75) is 24.6 Å². The highest BCUT2D eigenvalue weighted by atomic mass is 32.2. The van der Waals surface area contributed by atoms with Crippen molar-refractivity contribution in [1.29, 1.82) is 0 Å². The summed E-state index contributed by atoms with van der Waals surface area (Å²) < 4.78 is 5.08. The summed E-state index contributed by atoms with van der Waals surface area (Å²) in [7, 11) is 0. The van der Waals surface area contributed by atoms with E-state index in [4.69, 9.17) is 10.3 Å². The molecule has 0 aliphatic carbocycles. The third-order valence-electron chi connectivity index (χ3n) is 1.87. The van der Waals surface area contributed by atoms with Crippen LogP contribution in [-0.4, -0.2) is 15.9 Å². The normalized spacial score (nSPS) is 23.2. The Balaban J connectivity index is 2.11. The second kappa shape index (κ2) is 3.45. The molecule has 4 nitrogen and oxygen atoms in total. The molecule has 1 aliphatic rings. The van der Waals surface area contributed by atoms with Crippen LogP contribution < -0.4 is 5.73 Å². The third kappa shape index (κ3) is 1.47. The van der Waals surface area contributed by atoms with Crippen molar-refractivity contribution in [2.75, 3.05) is 5.75 Å². The zero-order chi connectivity index (χ0) is 8.39.